The number of nitrogens with two attached hydrogens (primary N) is 4. The second kappa shape index (κ2) is 18.0. The molecule has 4 unspecified atom stereocenters. The summed E-state index contributed by atoms with van der Waals surface area (Å²) in [5.74, 6) is -3.32. The molecular weight excluding hydrogens is 560 g/mol. The monoisotopic (exact) mass is 602 g/mol. The molecule has 236 valence electrons. The zero-order chi connectivity index (χ0) is 31.8. The Morgan fingerprint density at radius 3 is 2.14 bits per heavy atom. The Hall–Kier alpha value is -4.70. The number of carbonyl (C=O) groups is 4. The van der Waals surface area contributed by atoms with Crippen LogP contribution in [0.25, 0.3) is 0 Å². The summed E-state index contributed by atoms with van der Waals surface area (Å²) in [6, 6.07) is 1.48. The molecule has 0 aliphatic rings. The minimum atomic E-state index is -1.32. The van der Waals surface area contributed by atoms with Crippen molar-refractivity contribution in [2.75, 3.05) is 13.1 Å². The number of imidazole rings is 1. The molecule has 4 atom stereocenters. The lowest BCUT2D eigenvalue weighted by atomic mass is 10.0. The minimum absolute atomic E-state index is 0.0107. The van der Waals surface area contributed by atoms with Gasteiger partial charge in [0.25, 0.3) is 0 Å². The van der Waals surface area contributed by atoms with E-state index in [0.717, 1.165) is 0 Å². The molecule has 1 aromatic heterocycles. The van der Waals surface area contributed by atoms with Crippen LogP contribution in [0.5, 0.6) is 5.75 Å². The SMILES string of the molecule is NCCCCC(NC(=O)C(N)CCCN=C(N)N)C(=O)NC(Cc1ccc(O)cc1)C(=O)NC(Cc1cnc[nH]1)C(=O)O. The first-order valence-corrected chi connectivity index (χ1v) is 13.9. The Balaban J connectivity index is 2.20. The summed E-state index contributed by atoms with van der Waals surface area (Å²) in [6.45, 7) is 0.668. The van der Waals surface area contributed by atoms with Crippen LogP contribution in [0.4, 0.5) is 0 Å². The van der Waals surface area contributed by atoms with Gasteiger partial charge < -0.3 is 54.1 Å². The van der Waals surface area contributed by atoms with Gasteiger partial charge in [0.15, 0.2) is 5.96 Å². The number of aliphatic carboxylic acids is 1. The van der Waals surface area contributed by atoms with E-state index in [1.54, 1.807) is 12.1 Å². The zero-order valence-corrected chi connectivity index (χ0v) is 23.9. The Morgan fingerprint density at radius 2 is 1.53 bits per heavy atom. The average molecular weight is 603 g/mol. The number of benzene rings is 1. The van der Waals surface area contributed by atoms with Crippen molar-refractivity contribution >= 4 is 29.7 Å². The quantitative estimate of drug-likeness (QED) is 0.0474. The number of aliphatic imine (C=N–C) groups is 1. The molecule has 16 heteroatoms. The maximum Gasteiger partial charge on any atom is 0.326 e. The third-order valence-corrected chi connectivity index (χ3v) is 6.49. The molecule has 0 spiro atoms. The lowest BCUT2D eigenvalue weighted by Gasteiger charge is -2.25. The van der Waals surface area contributed by atoms with Gasteiger partial charge >= 0.3 is 5.97 Å². The minimum Gasteiger partial charge on any atom is -0.508 e. The second-order valence-corrected chi connectivity index (χ2v) is 10.0. The molecule has 0 saturated heterocycles. The third kappa shape index (κ3) is 12.8. The number of aromatic nitrogens is 2. The fourth-order valence-electron chi connectivity index (χ4n) is 4.13. The molecule has 2 rings (SSSR count). The molecule has 43 heavy (non-hydrogen) atoms. The average Bonchev–Trinajstić information content (AvgIpc) is 3.48. The third-order valence-electron chi connectivity index (χ3n) is 6.49. The van der Waals surface area contributed by atoms with Gasteiger partial charge in [0, 0.05) is 31.3 Å². The molecule has 0 radical (unpaired) electrons. The summed E-state index contributed by atoms with van der Waals surface area (Å²) in [5, 5.41) is 27.2. The summed E-state index contributed by atoms with van der Waals surface area (Å²) >= 11 is 0. The molecule has 16 nitrogen and oxygen atoms in total. The molecule has 0 bridgehead atoms. The number of aromatic hydroxyl groups is 1. The van der Waals surface area contributed by atoms with Crippen LogP contribution in [0, 0.1) is 0 Å². The van der Waals surface area contributed by atoms with E-state index in [-0.39, 0.29) is 43.9 Å². The van der Waals surface area contributed by atoms with Crippen molar-refractivity contribution < 1.29 is 29.4 Å². The maximum atomic E-state index is 13.5. The number of carbonyl (C=O) groups excluding carboxylic acids is 3. The fraction of sp³-hybridized carbons (Fsp3) is 0.481. The largest absolute Gasteiger partial charge is 0.508 e. The van der Waals surface area contributed by atoms with Crippen molar-refractivity contribution in [1.82, 2.24) is 25.9 Å². The van der Waals surface area contributed by atoms with Crippen molar-refractivity contribution in [1.29, 1.82) is 0 Å². The topological polar surface area (TPSA) is 290 Å². The molecule has 1 heterocycles. The van der Waals surface area contributed by atoms with Crippen LogP contribution < -0.4 is 38.9 Å². The van der Waals surface area contributed by atoms with Crippen LogP contribution in [-0.2, 0) is 32.0 Å². The molecule has 0 saturated carbocycles. The van der Waals surface area contributed by atoms with Gasteiger partial charge in [-0.25, -0.2) is 9.78 Å². The van der Waals surface area contributed by atoms with E-state index in [0.29, 0.717) is 37.1 Å². The van der Waals surface area contributed by atoms with E-state index < -0.39 is 47.9 Å². The van der Waals surface area contributed by atoms with Gasteiger partial charge in [-0.05, 0) is 56.3 Å². The number of unbranched alkanes of at least 4 members (excludes halogenated alkanes) is 1. The van der Waals surface area contributed by atoms with E-state index in [4.69, 9.17) is 22.9 Å². The van der Waals surface area contributed by atoms with Gasteiger partial charge in [0.1, 0.15) is 23.9 Å². The molecule has 14 N–H and O–H groups in total. The Morgan fingerprint density at radius 1 is 0.884 bits per heavy atom. The van der Waals surface area contributed by atoms with E-state index >= 15 is 0 Å². The fourth-order valence-corrected chi connectivity index (χ4v) is 4.13. The number of amides is 3. The van der Waals surface area contributed by atoms with E-state index in [1.807, 2.05) is 0 Å². The summed E-state index contributed by atoms with van der Waals surface area (Å²) in [5.41, 5.74) is 23.3. The van der Waals surface area contributed by atoms with Gasteiger partial charge in [0.05, 0.1) is 12.4 Å². The normalized spacial score (nSPS) is 13.6. The Labute approximate surface area is 249 Å². The van der Waals surface area contributed by atoms with E-state index in [9.17, 15) is 29.4 Å². The van der Waals surface area contributed by atoms with Crippen LogP contribution in [0.15, 0.2) is 41.8 Å². The van der Waals surface area contributed by atoms with Crippen LogP contribution in [-0.4, -0.2) is 87.1 Å². The summed E-state index contributed by atoms with van der Waals surface area (Å²) in [7, 11) is 0. The van der Waals surface area contributed by atoms with Crippen LogP contribution in [0.3, 0.4) is 0 Å². The Kier molecular flexibility index (Phi) is 14.4. The summed E-state index contributed by atoms with van der Waals surface area (Å²) < 4.78 is 0. The smallest absolute Gasteiger partial charge is 0.326 e. The number of rotatable bonds is 19. The lowest BCUT2D eigenvalue weighted by Crippen LogP contribution is -2.57. The van der Waals surface area contributed by atoms with Crippen molar-refractivity contribution in [3.05, 3.63) is 48.0 Å². The number of nitrogens with zero attached hydrogens (tertiary/aromatic N) is 2. The number of nitrogens with one attached hydrogen (secondary N) is 4. The van der Waals surface area contributed by atoms with Gasteiger partial charge in [-0.15, -0.1) is 0 Å². The standard InChI is InChI=1S/C27H42N10O6/c28-10-2-1-5-20(35-23(39)19(29)4-3-11-33-27(30)31)24(40)36-21(12-16-6-8-18(38)9-7-16)25(41)37-22(26(42)43)13-17-14-32-15-34-17/h6-9,14-15,19-22,38H,1-5,10-13,28-29H2,(H,32,34)(H,35,39)(H,36,40)(H,37,41)(H,42,43)(H4,30,31,33). The molecule has 0 aliphatic carbocycles. The molecular formula is C27H42N10O6. The number of aromatic amines is 1. The first kappa shape index (κ1) is 34.5. The number of hydrogen-bond acceptors (Lipinski definition) is 9. The van der Waals surface area contributed by atoms with Gasteiger partial charge in [-0.1, -0.05) is 12.1 Å². The van der Waals surface area contributed by atoms with Crippen molar-refractivity contribution in [2.24, 2.45) is 27.9 Å². The number of guanidine groups is 1. The van der Waals surface area contributed by atoms with Gasteiger partial charge in [0.2, 0.25) is 17.7 Å². The van der Waals surface area contributed by atoms with Crippen LogP contribution in [0.2, 0.25) is 0 Å². The molecule has 0 aliphatic heterocycles. The first-order chi connectivity index (χ1) is 20.5. The molecule has 1 aromatic carbocycles. The number of H-pyrrole nitrogens is 1. The van der Waals surface area contributed by atoms with Gasteiger partial charge in [-0.3, -0.25) is 19.4 Å². The second-order valence-electron chi connectivity index (χ2n) is 10.0. The highest BCUT2D eigenvalue weighted by Crippen LogP contribution is 2.13. The van der Waals surface area contributed by atoms with Crippen molar-refractivity contribution in [2.45, 2.75) is 69.1 Å². The highest BCUT2D eigenvalue weighted by atomic mass is 16.4. The highest BCUT2D eigenvalue weighted by molar-refractivity contribution is 5.94. The highest BCUT2D eigenvalue weighted by Gasteiger charge is 2.30. The Bertz CT molecular complexity index is 1200. The van der Waals surface area contributed by atoms with Crippen molar-refractivity contribution in [3.8, 4) is 5.75 Å². The van der Waals surface area contributed by atoms with E-state index in [2.05, 4.69) is 30.9 Å². The lowest BCUT2D eigenvalue weighted by molar-refractivity contribution is -0.142. The number of carboxylic acid groups (broad SMARTS) is 1. The first-order valence-electron chi connectivity index (χ1n) is 13.9. The number of hydrogen-bond donors (Lipinski definition) is 10. The number of phenolic OH excluding ortho intramolecular Hbond substituents is 1. The number of phenols is 1. The summed E-state index contributed by atoms with van der Waals surface area (Å²) in [6.07, 6.45) is 4.76. The van der Waals surface area contributed by atoms with Gasteiger partial charge in [-0.2, -0.15) is 0 Å². The van der Waals surface area contributed by atoms with Crippen LogP contribution >= 0.6 is 0 Å². The van der Waals surface area contributed by atoms with Crippen LogP contribution in [0.1, 0.15) is 43.4 Å². The predicted molar refractivity (Wildman–Crippen MR) is 158 cm³/mol. The molecule has 2 aromatic rings. The zero-order valence-electron chi connectivity index (χ0n) is 23.9. The number of carboxylic acids is 1. The summed E-state index contributed by atoms with van der Waals surface area (Å²) in [4.78, 5) is 62.1. The maximum absolute atomic E-state index is 13.5. The van der Waals surface area contributed by atoms with Crippen molar-refractivity contribution in [3.63, 3.8) is 0 Å². The molecule has 0 fully saturated rings. The molecule has 3 amide bonds. The van der Waals surface area contributed by atoms with E-state index in [1.165, 1.54) is 24.7 Å². The predicted octanol–water partition coefficient (Wildman–Crippen LogP) is -2.05.